The van der Waals surface area contributed by atoms with E-state index in [-0.39, 0.29) is 18.6 Å². The highest BCUT2D eigenvalue weighted by Gasteiger charge is 2.29. The van der Waals surface area contributed by atoms with Crippen molar-refractivity contribution in [3.8, 4) is 0 Å². The van der Waals surface area contributed by atoms with Gasteiger partial charge in [-0.25, -0.2) is 9.48 Å². The molecule has 1 aromatic heterocycles. The Morgan fingerprint density at radius 1 is 1.52 bits per heavy atom. The van der Waals surface area contributed by atoms with Crippen molar-refractivity contribution >= 4 is 11.8 Å². The molecule has 2 heterocycles. The number of aliphatic hydroxyl groups is 1. The molecule has 1 aliphatic rings. The van der Waals surface area contributed by atoms with Gasteiger partial charge < -0.3 is 15.7 Å². The SMILES string of the molecule is CCC(CC)n1nc(C)cc1NC(=O)NC[C@]1(O)CCCNC1. The first-order valence-corrected chi connectivity index (χ1v) is 8.51. The summed E-state index contributed by atoms with van der Waals surface area (Å²) in [7, 11) is 0. The lowest BCUT2D eigenvalue weighted by atomic mass is 9.94. The maximum atomic E-state index is 12.2. The van der Waals surface area contributed by atoms with Crippen LogP contribution in [0, 0.1) is 6.92 Å². The van der Waals surface area contributed by atoms with E-state index >= 15 is 0 Å². The minimum absolute atomic E-state index is 0.240. The van der Waals surface area contributed by atoms with Crippen molar-refractivity contribution in [2.75, 3.05) is 25.0 Å². The van der Waals surface area contributed by atoms with E-state index in [1.165, 1.54) is 0 Å². The van der Waals surface area contributed by atoms with E-state index in [1.54, 1.807) is 0 Å². The number of nitrogens with zero attached hydrogens (tertiary/aromatic N) is 2. The Kier molecular flexibility index (Phi) is 6.01. The molecule has 23 heavy (non-hydrogen) atoms. The number of amides is 2. The number of β-amino-alcohol motifs (C(OH)–C–C–N with tert-alkyl or cyclic N) is 1. The van der Waals surface area contributed by atoms with Gasteiger partial charge in [-0.1, -0.05) is 13.8 Å². The second-order valence-electron chi connectivity index (χ2n) is 6.40. The van der Waals surface area contributed by atoms with Crippen molar-refractivity contribution in [1.82, 2.24) is 20.4 Å². The molecule has 1 aromatic rings. The number of carbonyl (C=O) groups excluding carboxylic acids is 1. The highest BCUT2D eigenvalue weighted by atomic mass is 16.3. The Hall–Kier alpha value is -1.60. The van der Waals surface area contributed by atoms with Gasteiger partial charge in [0.15, 0.2) is 0 Å². The summed E-state index contributed by atoms with van der Waals surface area (Å²) in [6.45, 7) is 7.81. The molecule has 0 radical (unpaired) electrons. The Labute approximate surface area is 137 Å². The van der Waals surface area contributed by atoms with Gasteiger partial charge in [0.1, 0.15) is 5.82 Å². The Balaban J connectivity index is 1.95. The molecule has 0 spiro atoms. The van der Waals surface area contributed by atoms with E-state index in [0.717, 1.165) is 31.5 Å². The molecule has 0 saturated carbocycles. The van der Waals surface area contributed by atoms with Gasteiger partial charge in [-0.3, -0.25) is 5.32 Å². The van der Waals surface area contributed by atoms with Crippen LogP contribution < -0.4 is 16.0 Å². The number of hydrogen-bond donors (Lipinski definition) is 4. The smallest absolute Gasteiger partial charge is 0.320 e. The highest BCUT2D eigenvalue weighted by Crippen LogP contribution is 2.22. The van der Waals surface area contributed by atoms with E-state index in [9.17, 15) is 9.90 Å². The van der Waals surface area contributed by atoms with Gasteiger partial charge in [0.2, 0.25) is 0 Å². The summed E-state index contributed by atoms with van der Waals surface area (Å²) in [5.41, 5.74) is 0.0171. The van der Waals surface area contributed by atoms with Gasteiger partial charge in [0.25, 0.3) is 0 Å². The lowest BCUT2D eigenvalue weighted by molar-refractivity contribution is 0.0198. The third-order valence-corrected chi connectivity index (χ3v) is 4.42. The van der Waals surface area contributed by atoms with Crippen molar-refractivity contribution in [2.24, 2.45) is 0 Å². The summed E-state index contributed by atoms with van der Waals surface area (Å²) < 4.78 is 1.88. The van der Waals surface area contributed by atoms with Crippen LogP contribution in [0.5, 0.6) is 0 Å². The summed E-state index contributed by atoms with van der Waals surface area (Å²) >= 11 is 0. The van der Waals surface area contributed by atoms with E-state index in [0.29, 0.717) is 18.8 Å². The zero-order valence-electron chi connectivity index (χ0n) is 14.4. The highest BCUT2D eigenvalue weighted by molar-refractivity contribution is 5.88. The van der Waals surface area contributed by atoms with Gasteiger partial charge in [0, 0.05) is 19.2 Å². The number of rotatable bonds is 6. The topological polar surface area (TPSA) is 91.2 Å². The molecule has 0 unspecified atom stereocenters. The molecule has 7 heteroatoms. The standard InChI is InChI=1S/C16H29N5O2/c1-4-13(5-2)21-14(9-12(3)20-21)19-15(22)18-11-16(23)7-6-8-17-10-16/h9,13,17,23H,4-8,10-11H2,1-3H3,(H2,18,19,22)/t16-/m0/s1. The fourth-order valence-electron chi connectivity index (χ4n) is 3.03. The van der Waals surface area contributed by atoms with Gasteiger partial charge in [-0.2, -0.15) is 5.10 Å². The van der Waals surface area contributed by atoms with E-state index in [2.05, 4.69) is 34.9 Å². The molecular weight excluding hydrogens is 294 g/mol. The first-order valence-electron chi connectivity index (χ1n) is 8.51. The van der Waals surface area contributed by atoms with Crippen molar-refractivity contribution in [3.63, 3.8) is 0 Å². The molecule has 1 aliphatic heterocycles. The Morgan fingerprint density at radius 2 is 2.26 bits per heavy atom. The normalized spacial score (nSPS) is 21.4. The molecule has 0 bridgehead atoms. The van der Waals surface area contributed by atoms with Crippen LogP contribution >= 0.6 is 0 Å². The van der Waals surface area contributed by atoms with Crippen molar-refractivity contribution in [3.05, 3.63) is 11.8 Å². The molecule has 4 N–H and O–H groups in total. The third kappa shape index (κ3) is 4.68. The van der Waals surface area contributed by atoms with Crippen LogP contribution in [-0.4, -0.2) is 46.2 Å². The average Bonchev–Trinajstić information content (AvgIpc) is 2.88. The average molecular weight is 323 g/mol. The van der Waals surface area contributed by atoms with E-state index in [1.807, 2.05) is 17.7 Å². The lowest BCUT2D eigenvalue weighted by Crippen LogP contribution is -2.53. The number of carbonyl (C=O) groups is 1. The van der Waals surface area contributed by atoms with Crippen molar-refractivity contribution in [2.45, 2.75) is 58.1 Å². The zero-order chi connectivity index (χ0) is 16.9. The molecule has 7 nitrogen and oxygen atoms in total. The van der Waals surface area contributed by atoms with Crippen LogP contribution in [0.1, 0.15) is 51.3 Å². The van der Waals surface area contributed by atoms with Crippen molar-refractivity contribution in [1.29, 1.82) is 0 Å². The van der Waals surface area contributed by atoms with Crippen LogP contribution in [0.3, 0.4) is 0 Å². The summed E-state index contributed by atoms with van der Waals surface area (Å²) in [4.78, 5) is 12.2. The third-order valence-electron chi connectivity index (χ3n) is 4.42. The van der Waals surface area contributed by atoms with Crippen LogP contribution in [0.2, 0.25) is 0 Å². The molecular formula is C16H29N5O2. The molecule has 2 rings (SSSR count). The van der Waals surface area contributed by atoms with Gasteiger partial charge >= 0.3 is 6.03 Å². The molecule has 1 atom stereocenters. The molecule has 1 fully saturated rings. The molecule has 2 amide bonds. The van der Waals surface area contributed by atoms with Crippen LogP contribution in [0.15, 0.2) is 6.07 Å². The van der Waals surface area contributed by atoms with Crippen LogP contribution in [0.25, 0.3) is 0 Å². The van der Waals surface area contributed by atoms with Gasteiger partial charge in [-0.15, -0.1) is 0 Å². The first kappa shape index (κ1) is 17.7. The second-order valence-corrected chi connectivity index (χ2v) is 6.40. The number of urea groups is 1. The molecule has 0 aromatic carbocycles. The number of aromatic nitrogens is 2. The molecule has 130 valence electrons. The minimum Gasteiger partial charge on any atom is -0.387 e. The van der Waals surface area contributed by atoms with E-state index < -0.39 is 5.60 Å². The van der Waals surface area contributed by atoms with E-state index in [4.69, 9.17) is 0 Å². The Bertz CT molecular complexity index is 519. The first-order chi connectivity index (χ1) is 11.0. The number of anilines is 1. The maximum absolute atomic E-state index is 12.2. The monoisotopic (exact) mass is 323 g/mol. The molecule has 0 aliphatic carbocycles. The maximum Gasteiger partial charge on any atom is 0.320 e. The minimum atomic E-state index is -0.860. The largest absolute Gasteiger partial charge is 0.387 e. The number of piperidine rings is 1. The summed E-state index contributed by atoms with van der Waals surface area (Å²) in [5.74, 6) is 0.697. The predicted octanol–water partition coefficient (Wildman–Crippen LogP) is 1.79. The summed E-state index contributed by atoms with van der Waals surface area (Å²) in [6, 6.07) is 1.83. The quantitative estimate of drug-likeness (QED) is 0.642. The number of nitrogens with one attached hydrogen (secondary N) is 3. The fourth-order valence-corrected chi connectivity index (χ4v) is 3.03. The van der Waals surface area contributed by atoms with Crippen LogP contribution in [-0.2, 0) is 0 Å². The molecule has 1 saturated heterocycles. The lowest BCUT2D eigenvalue weighted by Gasteiger charge is -2.32. The van der Waals surface area contributed by atoms with Crippen molar-refractivity contribution < 1.29 is 9.90 Å². The van der Waals surface area contributed by atoms with Crippen LogP contribution in [0.4, 0.5) is 10.6 Å². The fraction of sp³-hybridized carbons (Fsp3) is 0.750. The number of hydrogen-bond acceptors (Lipinski definition) is 4. The Morgan fingerprint density at radius 3 is 2.87 bits per heavy atom. The second kappa shape index (κ2) is 7.79. The van der Waals surface area contributed by atoms with Gasteiger partial charge in [0.05, 0.1) is 17.3 Å². The summed E-state index contributed by atoms with van der Waals surface area (Å²) in [5, 5.41) is 23.7. The predicted molar refractivity (Wildman–Crippen MR) is 90.7 cm³/mol. The zero-order valence-corrected chi connectivity index (χ0v) is 14.4. The summed E-state index contributed by atoms with van der Waals surface area (Å²) in [6.07, 6.45) is 3.53. The number of aryl methyl sites for hydroxylation is 1. The van der Waals surface area contributed by atoms with Gasteiger partial charge in [-0.05, 0) is 39.2 Å².